The highest BCUT2D eigenvalue weighted by Crippen LogP contribution is 1.91. The molecule has 0 heterocycles. The van der Waals surface area contributed by atoms with Gasteiger partial charge in [0.15, 0.2) is 0 Å². The van der Waals surface area contributed by atoms with E-state index in [1.165, 1.54) is 11.0 Å². The van der Waals surface area contributed by atoms with Gasteiger partial charge in [0.05, 0.1) is 0 Å². The maximum Gasteiger partial charge on any atom is 0.246 e. The Labute approximate surface area is 102 Å². The molecular weight excluding hydrogens is 220 g/mol. The highest BCUT2D eigenvalue weighted by molar-refractivity contribution is 5.91. The zero-order valence-corrected chi connectivity index (χ0v) is 10.4. The van der Waals surface area contributed by atoms with Crippen molar-refractivity contribution in [1.29, 1.82) is 0 Å². The number of carbonyl (C=O) groups excluding carboxylic acids is 3. The van der Waals surface area contributed by atoms with E-state index in [2.05, 4.69) is 12.2 Å². The monoisotopic (exact) mass is 240 g/mol. The van der Waals surface area contributed by atoms with Gasteiger partial charge in [-0.1, -0.05) is 13.3 Å². The van der Waals surface area contributed by atoms with Crippen LogP contribution in [0.2, 0.25) is 0 Å². The quantitative estimate of drug-likeness (QED) is 0.382. The highest BCUT2D eigenvalue weighted by atomic mass is 16.2. The lowest BCUT2D eigenvalue weighted by atomic mass is 10.3. The third-order valence-corrected chi connectivity index (χ3v) is 2.22. The molecule has 0 saturated carbocycles. The Hall–Kier alpha value is -1.65. The van der Waals surface area contributed by atoms with E-state index >= 15 is 0 Å². The van der Waals surface area contributed by atoms with Crippen LogP contribution < -0.4 is 5.32 Å². The van der Waals surface area contributed by atoms with E-state index in [0.717, 1.165) is 18.9 Å². The summed E-state index contributed by atoms with van der Waals surface area (Å²) >= 11 is 0. The number of amides is 2. The van der Waals surface area contributed by atoms with E-state index in [-0.39, 0.29) is 18.2 Å². The summed E-state index contributed by atoms with van der Waals surface area (Å²) in [6, 6.07) is 0. The Kier molecular flexibility index (Phi) is 8.64. The predicted octanol–water partition coefficient (Wildman–Crippen LogP) is 0.506. The summed E-state index contributed by atoms with van der Waals surface area (Å²) in [5.41, 5.74) is 0. The van der Waals surface area contributed by atoms with Gasteiger partial charge in [0.2, 0.25) is 11.8 Å². The summed E-state index contributed by atoms with van der Waals surface area (Å²) in [5.74, 6) is -0.337. The molecule has 0 saturated heterocycles. The Morgan fingerprint density at radius 2 is 2.06 bits per heavy atom. The van der Waals surface area contributed by atoms with Crippen LogP contribution in [0.4, 0.5) is 0 Å². The Balaban J connectivity index is 3.78. The molecule has 0 radical (unpaired) electrons. The smallest absolute Gasteiger partial charge is 0.246 e. The zero-order chi connectivity index (χ0) is 13.1. The first-order valence-corrected chi connectivity index (χ1v) is 5.75. The minimum Gasteiger partial charge on any atom is -0.356 e. The van der Waals surface area contributed by atoms with Crippen molar-refractivity contribution in [3.63, 3.8) is 0 Å². The molecule has 0 aromatic carbocycles. The molecule has 2 amide bonds. The molecule has 0 atom stereocenters. The molecule has 0 aromatic rings. The maximum absolute atomic E-state index is 11.3. The SMILES string of the molecule is CCCCNC(=O)CCN(C)C(=O)/C=C\C=O. The molecular formula is C12H20N2O3. The van der Waals surface area contributed by atoms with Crippen molar-refractivity contribution in [1.82, 2.24) is 10.2 Å². The van der Waals surface area contributed by atoms with Crippen LogP contribution in [0.25, 0.3) is 0 Å². The lowest BCUT2D eigenvalue weighted by molar-refractivity contribution is -0.126. The van der Waals surface area contributed by atoms with Gasteiger partial charge in [0, 0.05) is 32.6 Å². The van der Waals surface area contributed by atoms with Crippen LogP contribution in [-0.2, 0) is 14.4 Å². The van der Waals surface area contributed by atoms with Crippen LogP contribution in [0.5, 0.6) is 0 Å². The first-order valence-electron chi connectivity index (χ1n) is 5.75. The number of likely N-dealkylation sites (N-methyl/N-ethyl adjacent to an activating group) is 1. The largest absolute Gasteiger partial charge is 0.356 e. The summed E-state index contributed by atoms with van der Waals surface area (Å²) in [4.78, 5) is 34.1. The molecule has 0 fully saturated rings. The zero-order valence-electron chi connectivity index (χ0n) is 10.4. The number of unbranched alkanes of at least 4 members (excludes halogenated alkanes) is 1. The highest BCUT2D eigenvalue weighted by Gasteiger charge is 2.07. The third kappa shape index (κ3) is 8.19. The molecule has 96 valence electrons. The number of allylic oxidation sites excluding steroid dienone is 1. The summed E-state index contributed by atoms with van der Waals surface area (Å²) in [6.45, 7) is 3.08. The van der Waals surface area contributed by atoms with E-state index in [4.69, 9.17) is 0 Å². The van der Waals surface area contributed by atoms with E-state index in [1.807, 2.05) is 0 Å². The van der Waals surface area contributed by atoms with Crippen molar-refractivity contribution < 1.29 is 14.4 Å². The second kappa shape index (κ2) is 9.57. The predicted molar refractivity (Wildman–Crippen MR) is 65.4 cm³/mol. The van der Waals surface area contributed by atoms with E-state index in [9.17, 15) is 14.4 Å². The molecule has 0 spiro atoms. The van der Waals surface area contributed by atoms with Gasteiger partial charge < -0.3 is 10.2 Å². The molecule has 1 N–H and O–H groups in total. The van der Waals surface area contributed by atoms with Crippen molar-refractivity contribution in [2.45, 2.75) is 26.2 Å². The topological polar surface area (TPSA) is 66.5 Å². The lowest BCUT2D eigenvalue weighted by Crippen LogP contribution is -2.31. The van der Waals surface area contributed by atoms with Gasteiger partial charge in [0.1, 0.15) is 6.29 Å². The lowest BCUT2D eigenvalue weighted by Gasteiger charge is -2.14. The molecule has 0 rings (SSSR count). The molecule has 0 bridgehead atoms. The molecule has 17 heavy (non-hydrogen) atoms. The second-order valence-corrected chi connectivity index (χ2v) is 3.71. The summed E-state index contributed by atoms with van der Waals surface area (Å²) < 4.78 is 0. The average molecular weight is 240 g/mol. The van der Waals surface area contributed by atoms with Gasteiger partial charge in [-0.2, -0.15) is 0 Å². The Morgan fingerprint density at radius 3 is 2.65 bits per heavy atom. The molecule has 0 aliphatic heterocycles. The third-order valence-electron chi connectivity index (χ3n) is 2.22. The number of aldehydes is 1. The van der Waals surface area contributed by atoms with Crippen molar-refractivity contribution in [3.8, 4) is 0 Å². The van der Waals surface area contributed by atoms with Gasteiger partial charge in [0.25, 0.3) is 0 Å². The minimum absolute atomic E-state index is 0.0579. The number of hydrogen-bond donors (Lipinski definition) is 1. The van der Waals surface area contributed by atoms with Gasteiger partial charge in [-0.15, -0.1) is 0 Å². The summed E-state index contributed by atoms with van der Waals surface area (Å²) in [5, 5.41) is 2.77. The van der Waals surface area contributed by atoms with Crippen molar-refractivity contribution in [2.75, 3.05) is 20.1 Å². The number of hydrogen-bond acceptors (Lipinski definition) is 3. The molecule has 5 heteroatoms. The Bertz CT molecular complexity index is 287. The average Bonchev–Trinajstić information content (AvgIpc) is 2.33. The first-order chi connectivity index (χ1) is 8.11. The first kappa shape index (κ1) is 15.3. The van der Waals surface area contributed by atoms with Crippen molar-refractivity contribution in [3.05, 3.63) is 12.2 Å². The van der Waals surface area contributed by atoms with Crippen LogP contribution in [-0.4, -0.2) is 43.1 Å². The molecule has 5 nitrogen and oxygen atoms in total. The van der Waals surface area contributed by atoms with Crippen LogP contribution >= 0.6 is 0 Å². The fourth-order valence-corrected chi connectivity index (χ4v) is 1.12. The summed E-state index contributed by atoms with van der Waals surface area (Å²) in [6.07, 6.45) is 5.14. The molecule has 0 aliphatic carbocycles. The standard InChI is InChI=1S/C12H20N2O3/c1-3-4-8-13-11(16)7-9-14(2)12(17)6-5-10-15/h5-6,10H,3-4,7-9H2,1-2H3,(H,13,16)/b6-5-. The van der Waals surface area contributed by atoms with E-state index in [0.29, 0.717) is 19.4 Å². The fourth-order valence-electron chi connectivity index (χ4n) is 1.12. The molecule has 0 aliphatic rings. The number of nitrogens with zero attached hydrogens (tertiary/aromatic N) is 1. The van der Waals surface area contributed by atoms with Gasteiger partial charge >= 0.3 is 0 Å². The minimum atomic E-state index is -0.279. The number of rotatable bonds is 8. The van der Waals surface area contributed by atoms with Crippen LogP contribution in [0.3, 0.4) is 0 Å². The van der Waals surface area contributed by atoms with E-state index in [1.54, 1.807) is 7.05 Å². The normalized spacial score (nSPS) is 10.2. The van der Waals surface area contributed by atoms with Crippen molar-refractivity contribution in [2.24, 2.45) is 0 Å². The van der Waals surface area contributed by atoms with E-state index < -0.39 is 0 Å². The maximum atomic E-state index is 11.3. The molecule has 0 unspecified atom stereocenters. The van der Waals surface area contributed by atoms with Crippen LogP contribution in [0, 0.1) is 0 Å². The van der Waals surface area contributed by atoms with Crippen LogP contribution in [0.1, 0.15) is 26.2 Å². The van der Waals surface area contributed by atoms with Gasteiger partial charge in [-0.3, -0.25) is 14.4 Å². The van der Waals surface area contributed by atoms with Gasteiger partial charge in [-0.05, 0) is 12.5 Å². The fraction of sp³-hybridized carbons (Fsp3) is 0.583. The molecule has 0 aromatic heterocycles. The Morgan fingerprint density at radius 1 is 1.35 bits per heavy atom. The van der Waals surface area contributed by atoms with Gasteiger partial charge in [-0.25, -0.2) is 0 Å². The number of carbonyl (C=O) groups is 3. The van der Waals surface area contributed by atoms with Crippen LogP contribution in [0.15, 0.2) is 12.2 Å². The summed E-state index contributed by atoms with van der Waals surface area (Å²) in [7, 11) is 1.59. The second-order valence-electron chi connectivity index (χ2n) is 3.71. The number of nitrogens with one attached hydrogen (secondary N) is 1. The van der Waals surface area contributed by atoms with Crippen molar-refractivity contribution >= 4 is 18.1 Å².